The van der Waals surface area contributed by atoms with Crippen LogP contribution >= 0.6 is 0 Å². The van der Waals surface area contributed by atoms with E-state index < -0.39 is 0 Å². The third-order valence-corrected chi connectivity index (χ3v) is 0.777. The largest absolute Gasteiger partial charge is 0.370 e. The van der Waals surface area contributed by atoms with Gasteiger partial charge in [0.05, 0.1) is 0 Å². The summed E-state index contributed by atoms with van der Waals surface area (Å²) >= 11 is 0. The molecule has 8 heavy (non-hydrogen) atoms. The van der Waals surface area contributed by atoms with E-state index >= 15 is 0 Å². The second-order valence-corrected chi connectivity index (χ2v) is 1.57. The third-order valence-electron chi connectivity index (χ3n) is 0.777. The van der Waals surface area contributed by atoms with E-state index in [1.54, 1.807) is 0 Å². The van der Waals surface area contributed by atoms with Crippen molar-refractivity contribution in [3.05, 3.63) is 0 Å². The zero-order valence-electron chi connectivity index (χ0n) is 4.94. The molecule has 0 spiro atoms. The van der Waals surface area contributed by atoms with Crippen molar-refractivity contribution in [2.45, 2.75) is 26.2 Å². The predicted molar refractivity (Wildman–Crippen MR) is 28.7 cm³/mol. The van der Waals surface area contributed by atoms with E-state index in [-0.39, 0.29) is 26.0 Å². The van der Waals surface area contributed by atoms with E-state index in [1.807, 2.05) is 6.92 Å². The molecule has 51 valence electrons. The van der Waals surface area contributed by atoms with Gasteiger partial charge in [0.15, 0.2) is 0 Å². The molecule has 0 unspecified atom stereocenters. The van der Waals surface area contributed by atoms with Gasteiger partial charge in [0, 0.05) is 26.5 Å². The average Bonchev–Trinajstić information content (AvgIpc) is 1.61. The number of primary amides is 1. The molecule has 0 aliphatic heterocycles. The fourth-order valence-corrected chi connectivity index (χ4v) is 0.351. The maximum absolute atomic E-state index is 9.98. The molecule has 0 aliphatic carbocycles. The number of nitrogens with two attached hydrogens (primary N) is 1. The predicted octanol–water partition coefficient (Wildman–Crippen LogP) is 0.659. The van der Waals surface area contributed by atoms with E-state index in [4.69, 9.17) is 5.73 Å². The van der Waals surface area contributed by atoms with Crippen molar-refractivity contribution in [1.82, 2.24) is 0 Å². The van der Waals surface area contributed by atoms with Crippen LogP contribution in [0.2, 0.25) is 0 Å². The van der Waals surface area contributed by atoms with Crippen LogP contribution in [0.15, 0.2) is 0 Å². The van der Waals surface area contributed by atoms with E-state index in [2.05, 4.69) is 0 Å². The Labute approximate surface area is 63.2 Å². The van der Waals surface area contributed by atoms with Crippen LogP contribution in [0.5, 0.6) is 0 Å². The van der Waals surface area contributed by atoms with Gasteiger partial charge in [-0.1, -0.05) is 13.3 Å². The van der Waals surface area contributed by atoms with Crippen LogP contribution in [0.4, 0.5) is 0 Å². The Balaban J connectivity index is 0. The van der Waals surface area contributed by atoms with Crippen molar-refractivity contribution in [3.8, 4) is 0 Å². The van der Waals surface area contributed by atoms with E-state index in [0.29, 0.717) is 6.42 Å². The van der Waals surface area contributed by atoms with Gasteiger partial charge in [-0.25, -0.2) is 0 Å². The second-order valence-electron chi connectivity index (χ2n) is 1.57. The monoisotopic (exact) mass is 294 g/mol. The molecule has 1 radical (unpaired) electrons. The maximum Gasteiger partial charge on any atom is 0.217 e. The summed E-state index contributed by atoms with van der Waals surface area (Å²) in [5, 5.41) is 0. The van der Waals surface area contributed by atoms with Gasteiger partial charge in [-0.15, -0.1) is 0 Å². The second kappa shape index (κ2) is 7.12. The molecule has 0 aromatic heterocycles. The molecule has 0 aliphatic rings. The summed E-state index contributed by atoms with van der Waals surface area (Å²) in [6, 6.07) is 0. The van der Waals surface area contributed by atoms with Crippen LogP contribution in [0.25, 0.3) is 0 Å². The summed E-state index contributed by atoms with van der Waals surface area (Å²) in [4.78, 5) is 9.98. The van der Waals surface area contributed by atoms with Crippen LogP contribution in [0.3, 0.4) is 0 Å². The van der Waals surface area contributed by atoms with Gasteiger partial charge in [0.25, 0.3) is 0 Å². The summed E-state index contributed by atoms with van der Waals surface area (Å²) < 4.78 is 0. The van der Waals surface area contributed by atoms with Gasteiger partial charge in [0.2, 0.25) is 5.91 Å². The minimum Gasteiger partial charge on any atom is -0.370 e. The number of unbranched alkanes of at least 4 members (excludes halogenated alkanes) is 1. The molecule has 0 fully saturated rings. The van der Waals surface area contributed by atoms with Crippen molar-refractivity contribution < 1.29 is 24.9 Å². The number of hydrogen-bond donors (Lipinski definition) is 1. The molecule has 0 bridgehead atoms. The van der Waals surface area contributed by atoms with Gasteiger partial charge in [0.1, 0.15) is 0 Å². The Bertz CT molecular complexity index is 65.4. The summed E-state index contributed by atoms with van der Waals surface area (Å²) in [7, 11) is 0. The Kier molecular flexibility index (Phi) is 9.78. The molecule has 0 saturated heterocycles. The molecule has 0 rings (SSSR count). The molecular weight excluding hydrogens is 282 g/mol. The number of amides is 1. The molecule has 0 saturated carbocycles. The Hall–Kier alpha value is 0.119. The van der Waals surface area contributed by atoms with Gasteiger partial charge in [-0.3, -0.25) is 4.79 Å². The molecular formula is C5H11IrNO. The molecule has 2 N–H and O–H groups in total. The Morgan fingerprint density at radius 3 is 2.25 bits per heavy atom. The Morgan fingerprint density at radius 1 is 1.62 bits per heavy atom. The van der Waals surface area contributed by atoms with Gasteiger partial charge in [-0.05, 0) is 6.42 Å². The first-order valence-corrected chi connectivity index (χ1v) is 2.55. The SMILES string of the molecule is CCCCC(N)=O.[Ir]. The number of rotatable bonds is 3. The number of carbonyl (C=O) groups excluding carboxylic acids is 1. The van der Waals surface area contributed by atoms with Gasteiger partial charge < -0.3 is 5.73 Å². The first-order valence-electron chi connectivity index (χ1n) is 2.55. The van der Waals surface area contributed by atoms with Crippen LogP contribution < -0.4 is 5.73 Å². The van der Waals surface area contributed by atoms with Crippen molar-refractivity contribution in [2.24, 2.45) is 5.73 Å². The van der Waals surface area contributed by atoms with Gasteiger partial charge in [-0.2, -0.15) is 0 Å². The molecule has 0 heterocycles. The smallest absolute Gasteiger partial charge is 0.217 e. The van der Waals surface area contributed by atoms with Gasteiger partial charge >= 0.3 is 0 Å². The van der Waals surface area contributed by atoms with Crippen LogP contribution in [-0.4, -0.2) is 5.91 Å². The van der Waals surface area contributed by atoms with E-state index in [0.717, 1.165) is 12.8 Å². The third kappa shape index (κ3) is 9.45. The standard InChI is InChI=1S/C5H11NO.Ir/c1-2-3-4-5(6)7;/h2-4H2,1H3,(H2,6,7);. The van der Waals surface area contributed by atoms with Crippen LogP contribution in [0.1, 0.15) is 26.2 Å². The summed E-state index contributed by atoms with van der Waals surface area (Å²) in [6.07, 6.45) is 2.51. The minimum atomic E-state index is -0.193. The molecule has 0 atom stereocenters. The fourth-order valence-electron chi connectivity index (χ4n) is 0.351. The summed E-state index contributed by atoms with van der Waals surface area (Å²) in [5.74, 6) is -0.193. The average molecular weight is 293 g/mol. The minimum absolute atomic E-state index is 0. The fraction of sp³-hybridized carbons (Fsp3) is 0.800. The van der Waals surface area contributed by atoms with Crippen LogP contribution in [-0.2, 0) is 24.9 Å². The van der Waals surface area contributed by atoms with E-state index in [1.165, 1.54) is 0 Å². The summed E-state index contributed by atoms with van der Waals surface area (Å²) in [6.45, 7) is 2.03. The van der Waals surface area contributed by atoms with Crippen LogP contribution in [0, 0.1) is 0 Å². The van der Waals surface area contributed by atoms with E-state index in [9.17, 15) is 4.79 Å². The van der Waals surface area contributed by atoms with Crippen molar-refractivity contribution in [2.75, 3.05) is 0 Å². The Morgan fingerprint density at radius 2 is 2.12 bits per heavy atom. The summed E-state index contributed by atoms with van der Waals surface area (Å²) in [5.41, 5.74) is 4.84. The quantitative estimate of drug-likeness (QED) is 0.816. The molecule has 3 heteroatoms. The molecule has 1 amide bonds. The first-order chi connectivity index (χ1) is 3.27. The number of hydrogen-bond acceptors (Lipinski definition) is 1. The molecule has 0 aromatic carbocycles. The van der Waals surface area contributed by atoms with Crippen molar-refractivity contribution in [1.29, 1.82) is 0 Å². The maximum atomic E-state index is 9.98. The zero-order chi connectivity index (χ0) is 5.70. The normalized spacial score (nSPS) is 7.62. The first kappa shape index (κ1) is 11.0. The van der Waals surface area contributed by atoms with Crippen molar-refractivity contribution >= 4 is 5.91 Å². The molecule has 0 aromatic rings. The topological polar surface area (TPSA) is 43.1 Å². The molecule has 2 nitrogen and oxygen atoms in total. The zero-order valence-corrected chi connectivity index (χ0v) is 7.34. The number of carbonyl (C=O) groups is 1. The van der Waals surface area contributed by atoms with Crippen molar-refractivity contribution in [3.63, 3.8) is 0 Å².